The topological polar surface area (TPSA) is 200 Å². The molecule has 14 nitrogen and oxygen atoms in total. The molecule has 5 rings (SSSR count). The van der Waals surface area contributed by atoms with Gasteiger partial charge in [-0.1, -0.05) is 30.3 Å². The summed E-state index contributed by atoms with van der Waals surface area (Å²) in [5.74, 6) is -0.517. The van der Waals surface area contributed by atoms with E-state index in [1.54, 1.807) is 48.5 Å². The molecule has 2 heterocycles. The van der Waals surface area contributed by atoms with Crippen molar-refractivity contribution in [1.82, 2.24) is 15.1 Å². The van der Waals surface area contributed by atoms with E-state index in [9.17, 15) is 40.1 Å². The number of aromatic nitrogens is 2. The first-order chi connectivity index (χ1) is 19.1. The van der Waals surface area contributed by atoms with Gasteiger partial charge in [0.2, 0.25) is 0 Å². The molecule has 0 spiro atoms. The molecule has 0 saturated carbocycles. The smallest absolute Gasteiger partial charge is 0.288 e. The molecule has 0 aliphatic carbocycles. The van der Waals surface area contributed by atoms with Gasteiger partial charge in [0.15, 0.2) is 0 Å². The summed E-state index contributed by atoms with van der Waals surface area (Å²) in [6.45, 7) is -0.875. The Morgan fingerprint density at radius 3 is 2.52 bits per heavy atom. The second kappa shape index (κ2) is 10.3. The summed E-state index contributed by atoms with van der Waals surface area (Å²) in [6.07, 6.45) is 0.301. The Labute approximate surface area is 225 Å². The molecule has 0 radical (unpaired) electrons. The number of aliphatic hydroxyl groups is 1. The van der Waals surface area contributed by atoms with Gasteiger partial charge in [0.1, 0.15) is 12.1 Å². The minimum absolute atomic E-state index is 0.0307. The number of rotatable bonds is 6. The van der Waals surface area contributed by atoms with Crippen LogP contribution < -0.4 is 10.6 Å². The summed E-state index contributed by atoms with van der Waals surface area (Å²) in [6, 6.07) is 16.3. The Balaban J connectivity index is 1.43. The largest absolute Gasteiger partial charge is 0.632 e. The van der Waals surface area contributed by atoms with Crippen LogP contribution in [0.5, 0.6) is 0 Å². The molecule has 40 heavy (non-hydrogen) atoms. The van der Waals surface area contributed by atoms with E-state index in [0.29, 0.717) is 34.5 Å². The molecular formula is C26H22N6O8. The molecule has 1 aromatic heterocycles. The van der Waals surface area contributed by atoms with Crippen LogP contribution in [0.15, 0.2) is 71.5 Å². The number of nitrogens with zero attached hydrogens (tertiary/aromatic N) is 4. The summed E-state index contributed by atoms with van der Waals surface area (Å²) in [4.78, 5) is 47.8. The third-order valence-electron chi connectivity index (χ3n) is 6.93. The van der Waals surface area contributed by atoms with Crippen LogP contribution in [0.4, 0.5) is 11.4 Å². The third-order valence-corrected chi connectivity index (χ3v) is 6.93. The Bertz CT molecular complexity index is 1720. The van der Waals surface area contributed by atoms with Crippen LogP contribution in [0, 0.1) is 25.4 Å². The molecule has 14 heteroatoms. The van der Waals surface area contributed by atoms with Crippen LogP contribution in [0.25, 0.3) is 10.8 Å². The summed E-state index contributed by atoms with van der Waals surface area (Å²) >= 11 is 0. The average Bonchev–Trinajstić information content (AvgIpc) is 2.95. The maximum atomic E-state index is 13.5. The highest BCUT2D eigenvalue weighted by molar-refractivity contribution is 5.94. The number of fused-ring (bicyclic) bond motifs is 1. The fourth-order valence-corrected chi connectivity index (χ4v) is 4.93. The number of aromatic amines is 1. The predicted molar refractivity (Wildman–Crippen MR) is 140 cm³/mol. The highest BCUT2D eigenvalue weighted by Gasteiger charge is 2.48. The van der Waals surface area contributed by atoms with E-state index in [-0.39, 0.29) is 24.2 Å². The van der Waals surface area contributed by atoms with Crippen LogP contribution in [-0.4, -0.2) is 55.6 Å². The minimum Gasteiger partial charge on any atom is -0.632 e. The maximum absolute atomic E-state index is 13.5. The first-order valence-corrected chi connectivity index (χ1v) is 12.1. The average molecular weight is 546 g/mol. The van der Waals surface area contributed by atoms with E-state index < -0.39 is 50.0 Å². The van der Waals surface area contributed by atoms with E-state index in [2.05, 4.69) is 10.2 Å². The molecule has 1 fully saturated rings. The highest BCUT2D eigenvalue weighted by atomic mass is 16.6. The van der Waals surface area contributed by atoms with Crippen molar-refractivity contribution in [2.75, 3.05) is 19.6 Å². The monoisotopic (exact) mass is 546 g/mol. The van der Waals surface area contributed by atoms with Gasteiger partial charge in [-0.2, -0.15) is 5.10 Å². The number of quaternary nitrogens is 1. The summed E-state index contributed by atoms with van der Waals surface area (Å²) in [5, 5.41) is 54.0. The first-order valence-electron chi connectivity index (χ1n) is 12.1. The van der Waals surface area contributed by atoms with Crippen molar-refractivity contribution in [3.05, 3.63) is 125 Å². The van der Waals surface area contributed by atoms with Gasteiger partial charge in [0.25, 0.3) is 28.6 Å². The van der Waals surface area contributed by atoms with E-state index >= 15 is 0 Å². The molecule has 3 aromatic carbocycles. The van der Waals surface area contributed by atoms with Crippen LogP contribution >= 0.6 is 0 Å². The molecule has 2 atom stereocenters. The zero-order chi connectivity index (χ0) is 28.6. The number of β-amino-alcohol motifs (C(OH)–C–C–N with tert-alkyl or cyclic N) is 1. The van der Waals surface area contributed by atoms with E-state index in [0.717, 1.165) is 12.1 Å². The fraction of sp³-hybridized carbons (Fsp3) is 0.192. The number of carbonyl (C=O) groups excluding carboxylic acids is 1. The lowest BCUT2D eigenvalue weighted by atomic mass is 9.96. The Hall–Kier alpha value is -5.05. The number of carbonyl (C=O) groups is 1. The molecule has 2 unspecified atom stereocenters. The number of non-ortho nitro benzene ring substituents is 1. The fourth-order valence-electron chi connectivity index (χ4n) is 4.93. The van der Waals surface area contributed by atoms with Gasteiger partial charge >= 0.3 is 0 Å². The van der Waals surface area contributed by atoms with Crippen molar-refractivity contribution in [3.8, 4) is 0 Å². The van der Waals surface area contributed by atoms with Gasteiger partial charge in [-0.05, 0) is 29.8 Å². The van der Waals surface area contributed by atoms with Crippen LogP contribution in [0.2, 0.25) is 0 Å². The second-order valence-electron chi connectivity index (χ2n) is 9.40. The number of nitro groups is 2. The predicted octanol–water partition coefficient (Wildman–Crippen LogP) is 1.01. The molecule has 1 aliphatic rings. The van der Waals surface area contributed by atoms with Crippen LogP contribution in [-0.2, 0) is 12.1 Å². The number of nitro benzene ring substituents is 2. The van der Waals surface area contributed by atoms with Crippen molar-refractivity contribution >= 4 is 28.1 Å². The number of piperazine rings is 1. The highest BCUT2D eigenvalue weighted by Crippen LogP contribution is 2.32. The lowest BCUT2D eigenvalue weighted by Gasteiger charge is -2.46. The zero-order valence-electron chi connectivity index (χ0n) is 20.8. The molecule has 1 saturated heterocycles. The number of amides is 1. The maximum Gasteiger partial charge on any atom is 0.288 e. The number of benzene rings is 3. The molecule has 1 aliphatic heterocycles. The number of nitrogens with one attached hydrogen (secondary N) is 2. The van der Waals surface area contributed by atoms with Gasteiger partial charge in [-0.3, -0.25) is 29.8 Å². The SMILES string of the molecule is O=C(c1cccc(Cc2n[nH]c(=O)c3ccccc23)c1)N1CC[NH+]([O-])C(O)(c2ccc([N+](=O)[O-])cc2[N+](=O)[O-])C1. The van der Waals surface area contributed by atoms with Crippen molar-refractivity contribution in [2.45, 2.75) is 12.1 Å². The number of hydrogen-bond acceptors (Lipinski definition) is 9. The van der Waals surface area contributed by atoms with Gasteiger partial charge in [-0.25, -0.2) is 5.10 Å². The summed E-state index contributed by atoms with van der Waals surface area (Å²) in [7, 11) is 0. The Kier molecular flexibility index (Phi) is 6.81. The molecule has 1 amide bonds. The molecule has 4 aromatic rings. The number of hydroxylamine groups is 2. The van der Waals surface area contributed by atoms with Crippen LogP contribution in [0.1, 0.15) is 27.2 Å². The molecule has 0 bridgehead atoms. The van der Waals surface area contributed by atoms with E-state index in [4.69, 9.17) is 0 Å². The first kappa shape index (κ1) is 26.6. The number of hydrogen-bond donors (Lipinski definition) is 3. The van der Waals surface area contributed by atoms with Gasteiger partial charge < -0.3 is 20.3 Å². The Morgan fingerprint density at radius 2 is 1.80 bits per heavy atom. The van der Waals surface area contributed by atoms with E-state index in [1.165, 1.54) is 4.90 Å². The van der Waals surface area contributed by atoms with Gasteiger partial charge in [0, 0.05) is 23.4 Å². The van der Waals surface area contributed by atoms with Crippen molar-refractivity contribution in [3.63, 3.8) is 0 Å². The van der Waals surface area contributed by atoms with E-state index in [1.807, 2.05) is 0 Å². The molecule has 3 N–H and O–H groups in total. The molecule has 204 valence electrons. The minimum atomic E-state index is -2.43. The van der Waals surface area contributed by atoms with Crippen molar-refractivity contribution < 1.29 is 24.8 Å². The molecular weight excluding hydrogens is 524 g/mol. The lowest BCUT2D eigenvalue weighted by molar-refractivity contribution is -0.948. The van der Waals surface area contributed by atoms with Crippen LogP contribution in [0.3, 0.4) is 0 Å². The van der Waals surface area contributed by atoms with Crippen molar-refractivity contribution in [2.24, 2.45) is 0 Å². The normalized spacial score (nSPS) is 18.9. The lowest BCUT2D eigenvalue weighted by Crippen LogP contribution is -3.18. The zero-order valence-corrected chi connectivity index (χ0v) is 20.8. The quantitative estimate of drug-likeness (QED) is 0.179. The van der Waals surface area contributed by atoms with Gasteiger partial charge in [-0.15, -0.1) is 0 Å². The summed E-state index contributed by atoms with van der Waals surface area (Å²) in [5.41, 5.74) is -2.96. The summed E-state index contributed by atoms with van der Waals surface area (Å²) < 4.78 is 0. The third kappa shape index (κ3) is 4.77. The second-order valence-corrected chi connectivity index (χ2v) is 9.40. The number of H-pyrrole nitrogens is 1. The van der Waals surface area contributed by atoms with Gasteiger partial charge in [0.05, 0.1) is 40.1 Å². The van der Waals surface area contributed by atoms with Crippen molar-refractivity contribution in [1.29, 1.82) is 0 Å². The Morgan fingerprint density at radius 1 is 1.05 bits per heavy atom. The standard InChI is InChI=1S/C26H22N6O8/c33-24-20-7-2-1-6-19(20)22(27-28-24)13-16-4-3-5-17(12-16)25(34)29-10-11-30(36)26(35,15-29)21-9-8-18(31(37)38)14-23(21)32(39)40/h1-9,12,14,30,35H,10-11,13,15H2,(H,28,33).